The molecule has 7 nitrogen and oxygen atoms in total. The number of H-pyrrole nitrogens is 1. The second kappa shape index (κ2) is 6.09. The number of amides is 1. The number of nitrogens with one attached hydrogen (secondary N) is 2. The molecule has 0 saturated carbocycles. The van der Waals surface area contributed by atoms with Crippen molar-refractivity contribution in [2.75, 3.05) is 12.4 Å². The average Bonchev–Trinajstić information content (AvgIpc) is 3.00. The molecule has 0 atom stereocenters. The van der Waals surface area contributed by atoms with Crippen molar-refractivity contribution in [1.82, 2.24) is 9.55 Å². The van der Waals surface area contributed by atoms with Crippen LogP contribution >= 0.6 is 11.3 Å². The minimum Gasteiger partial charge on any atom is -0.497 e. The maximum Gasteiger partial charge on any atom is 0.329 e. The molecule has 2 N–H and O–H groups in total. The normalized spacial score (nSPS) is 10.7. The molecule has 0 aliphatic heterocycles. The van der Waals surface area contributed by atoms with Gasteiger partial charge in [0.1, 0.15) is 17.0 Å². The SMILES string of the molecule is COc1ccc(NC(=O)Cn2c(=O)[nH]c3ccsc3c2=O)cc1. The molecule has 0 unspecified atom stereocenters. The molecule has 0 spiro atoms. The Bertz CT molecular complexity index is 969. The smallest absolute Gasteiger partial charge is 0.329 e. The first-order chi connectivity index (χ1) is 11.1. The molecule has 2 heterocycles. The fourth-order valence-corrected chi connectivity index (χ4v) is 2.93. The monoisotopic (exact) mass is 331 g/mol. The summed E-state index contributed by atoms with van der Waals surface area (Å²) in [6.07, 6.45) is 0. The Morgan fingerprint density at radius 1 is 1.26 bits per heavy atom. The maximum absolute atomic E-state index is 12.2. The number of carbonyl (C=O) groups is 1. The Morgan fingerprint density at radius 3 is 2.70 bits per heavy atom. The van der Waals surface area contributed by atoms with E-state index in [1.54, 1.807) is 42.8 Å². The van der Waals surface area contributed by atoms with Crippen LogP contribution in [0.5, 0.6) is 5.75 Å². The predicted molar refractivity (Wildman–Crippen MR) is 88.3 cm³/mol. The Morgan fingerprint density at radius 2 is 2.00 bits per heavy atom. The van der Waals surface area contributed by atoms with Crippen LogP contribution in [-0.4, -0.2) is 22.6 Å². The van der Waals surface area contributed by atoms with Crippen LogP contribution < -0.4 is 21.3 Å². The van der Waals surface area contributed by atoms with Crippen LogP contribution in [0.15, 0.2) is 45.3 Å². The van der Waals surface area contributed by atoms with Crippen molar-refractivity contribution in [3.8, 4) is 5.75 Å². The number of hydrogen-bond donors (Lipinski definition) is 2. The second-order valence-electron chi connectivity index (χ2n) is 4.76. The van der Waals surface area contributed by atoms with Crippen LogP contribution in [0.2, 0.25) is 0 Å². The summed E-state index contributed by atoms with van der Waals surface area (Å²) in [7, 11) is 1.55. The highest BCUT2D eigenvalue weighted by Crippen LogP contribution is 2.15. The average molecular weight is 331 g/mol. The lowest BCUT2D eigenvalue weighted by molar-refractivity contribution is -0.116. The number of fused-ring (bicyclic) bond motifs is 1. The first-order valence-corrected chi connectivity index (χ1v) is 7.60. The van der Waals surface area contributed by atoms with Crippen molar-refractivity contribution in [3.63, 3.8) is 0 Å². The molecule has 2 aromatic heterocycles. The van der Waals surface area contributed by atoms with E-state index in [9.17, 15) is 14.4 Å². The van der Waals surface area contributed by atoms with E-state index in [-0.39, 0.29) is 6.54 Å². The van der Waals surface area contributed by atoms with Gasteiger partial charge in [0.15, 0.2) is 0 Å². The van der Waals surface area contributed by atoms with Gasteiger partial charge in [-0.2, -0.15) is 0 Å². The number of benzene rings is 1. The Balaban J connectivity index is 1.82. The molecule has 118 valence electrons. The highest BCUT2D eigenvalue weighted by atomic mass is 32.1. The summed E-state index contributed by atoms with van der Waals surface area (Å²) in [5.74, 6) is 0.206. The fourth-order valence-electron chi connectivity index (χ4n) is 2.13. The number of nitrogens with zero attached hydrogens (tertiary/aromatic N) is 1. The quantitative estimate of drug-likeness (QED) is 0.756. The van der Waals surface area contributed by atoms with Crippen molar-refractivity contribution in [3.05, 3.63) is 56.5 Å². The second-order valence-corrected chi connectivity index (χ2v) is 5.68. The van der Waals surface area contributed by atoms with Crippen molar-refractivity contribution in [2.45, 2.75) is 6.54 Å². The lowest BCUT2D eigenvalue weighted by Gasteiger charge is -2.07. The zero-order valence-electron chi connectivity index (χ0n) is 12.2. The van der Waals surface area contributed by atoms with Gasteiger partial charge in [-0.25, -0.2) is 9.36 Å². The minimum atomic E-state index is -0.606. The summed E-state index contributed by atoms with van der Waals surface area (Å²) in [6, 6.07) is 8.40. The first kappa shape index (κ1) is 15.0. The first-order valence-electron chi connectivity index (χ1n) is 6.72. The van der Waals surface area contributed by atoms with Crippen molar-refractivity contribution in [1.29, 1.82) is 0 Å². The van der Waals surface area contributed by atoms with E-state index in [0.29, 0.717) is 21.7 Å². The van der Waals surface area contributed by atoms with Gasteiger partial charge >= 0.3 is 5.69 Å². The molecule has 0 aliphatic rings. The highest BCUT2D eigenvalue weighted by Gasteiger charge is 2.12. The molecule has 0 fully saturated rings. The van der Waals surface area contributed by atoms with Crippen molar-refractivity contribution < 1.29 is 9.53 Å². The molecule has 3 aromatic rings. The van der Waals surface area contributed by atoms with Gasteiger partial charge < -0.3 is 15.0 Å². The standard InChI is InChI=1S/C15H13N3O4S/c1-22-10-4-2-9(3-5-10)16-12(19)8-18-14(20)13-11(6-7-23-13)17-15(18)21/h2-7H,8H2,1H3,(H,16,19)(H,17,21). The van der Waals surface area contributed by atoms with Gasteiger partial charge in [-0.15, -0.1) is 11.3 Å². The number of aromatic amines is 1. The molecule has 23 heavy (non-hydrogen) atoms. The van der Waals surface area contributed by atoms with Gasteiger partial charge in [-0.3, -0.25) is 9.59 Å². The van der Waals surface area contributed by atoms with E-state index < -0.39 is 17.2 Å². The molecule has 0 saturated heterocycles. The van der Waals surface area contributed by atoms with E-state index in [0.717, 1.165) is 4.57 Å². The number of aromatic nitrogens is 2. The highest BCUT2D eigenvalue weighted by molar-refractivity contribution is 7.17. The van der Waals surface area contributed by atoms with E-state index in [1.807, 2.05) is 0 Å². The number of hydrogen-bond acceptors (Lipinski definition) is 5. The topological polar surface area (TPSA) is 93.2 Å². The van der Waals surface area contributed by atoms with Gasteiger partial charge in [0, 0.05) is 5.69 Å². The Kier molecular flexibility index (Phi) is 3.98. The van der Waals surface area contributed by atoms with E-state index >= 15 is 0 Å². The molecular formula is C15H13N3O4S. The summed E-state index contributed by atoms with van der Waals surface area (Å²) < 4.78 is 6.34. The number of carbonyl (C=O) groups excluding carboxylic acids is 1. The summed E-state index contributed by atoms with van der Waals surface area (Å²) in [4.78, 5) is 38.8. The van der Waals surface area contributed by atoms with Gasteiger partial charge in [-0.1, -0.05) is 0 Å². The molecule has 0 aliphatic carbocycles. The Labute approximate surface area is 134 Å². The van der Waals surface area contributed by atoms with Gasteiger partial charge in [0.05, 0.1) is 12.6 Å². The summed E-state index contributed by atoms with van der Waals surface area (Å²) in [5.41, 5.74) is -0.0382. The largest absolute Gasteiger partial charge is 0.497 e. The number of ether oxygens (including phenoxy) is 1. The predicted octanol–water partition coefficient (Wildman–Crippen LogP) is 1.40. The van der Waals surface area contributed by atoms with Gasteiger partial charge in [0.25, 0.3) is 5.56 Å². The van der Waals surface area contributed by atoms with Crippen LogP contribution in [0, 0.1) is 0 Å². The molecule has 0 bridgehead atoms. The third-order valence-corrected chi connectivity index (χ3v) is 4.17. The maximum atomic E-state index is 12.2. The number of anilines is 1. The lowest BCUT2D eigenvalue weighted by Crippen LogP contribution is -2.38. The zero-order valence-corrected chi connectivity index (χ0v) is 13.0. The third-order valence-electron chi connectivity index (χ3n) is 3.27. The van der Waals surface area contributed by atoms with E-state index in [1.165, 1.54) is 11.3 Å². The molecule has 3 rings (SSSR count). The molecule has 1 aromatic carbocycles. The van der Waals surface area contributed by atoms with Crippen LogP contribution in [0.25, 0.3) is 10.2 Å². The molecule has 8 heteroatoms. The number of rotatable bonds is 4. The lowest BCUT2D eigenvalue weighted by atomic mass is 10.3. The summed E-state index contributed by atoms with van der Waals surface area (Å²) in [6.45, 7) is -0.353. The summed E-state index contributed by atoms with van der Waals surface area (Å²) >= 11 is 1.22. The van der Waals surface area contributed by atoms with Gasteiger partial charge in [0.2, 0.25) is 5.91 Å². The molecule has 1 amide bonds. The number of methoxy groups -OCH3 is 1. The van der Waals surface area contributed by atoms with Crippen LogP contribution in [-0.2, 0) is 11.3 Å². The third kappa shape index (κ3) is 3.02. The number of thiophene rings is 1. The van der Waals surface area contributed by atoms with Crippen LogP contribution in [0.4, 0.5) is 5.69 Å². The van der Waals surface area contributed by atoms with Crippen LogP contribution in [0.3, 0.4) is 0 Å². The molecule has 0 radical (unpaired) electrons. The van der Waals surface area contributed by atoms with E-state index in [4.69, 9.17) is 4.74 Å². The fraction of sp³-hybridized carbons (Fsp3) is 0.133. The van der Waals surface area contributed by atoms with Crippen molar-refractivity contribution >= 4 is 33.1 Å². The van der Waals surface area contributed by atoms with Crippen LogP contribution in [0.1, 0.15) is 0 Å². The zero-order chi connectivity index (χ0) is 16.4. The van der Waals surface area contributed by atoms with Crippen molar-refractivity contribution in [2.24, 2.45) is 0 Å². The summed E-state index contributed by atoms with van der Waals surface area (Å²) in [5, 5.41) is 4.35. The van der Waals surface area contributed by atoms with E-state index in [2.05, 4.69) is 10.3 Å². The Hall–Kier alpha value is -2.87. The van der Waals surface area contributed by atoms with Gasteiger partial charge in [-0.05, 0) is 35.7 Å². The molecular weight excluding hydrogens is 318 g/mol. The minimum absolute atomic E-state index is 0.353.